The van der Waals surface area contributed by atoms with Gasteiger partial charge in [-0.3, -0.25) is 4.79 Å². The number of hydrogen-bond donors (Lipinski definition) is 1. The van der Waals surface area contributed by atoms with Gasteiger partial charge in [0.1, 0.15) is 5.75 Å². The van der Waals surface area contributed by atoms with Crippen molar-refractivity contribution in [2.24, 2.45) is 5.92 Å². The first kappa shape index (κ1) is 18.5. The number of benzene rings is 2. The molecule has 1 amide bonds. The Bertz CT molecular complexity index is 730. The highest BCUT2D eigenvalue weighted by Crippen LogP contribution is 2.27. The second-order valence-electron chi connectivity index (χ2n) is 6.57. The Morgan fingerprint density at radius 3 is 2.33 bits per heavy atom. The maximum Gasteiger partial charge on any atom is 0.259 e. The first-order chi connectivity index (χ1) is 11.3. The molecule has 3 nitrogen and oxygen atoms in total. The second-order valence-corrected chi connectivity index (χ2v) is 7.49. The van der Waals surface area contributed by atoms with Crippen LogP contribution in [0.4, 0.5) is 5.69 Å². The van der Waals surface area contributed by atoms with Crippen LogP contribution >= 0.6 is 15.9 Å². The van der Waals surface area contributed by atoms with E-state index in [0.717, 1.165) is 21.3 Å². The highest BCUT2D eigenvalue weighted by molar-refractivity contribution is 9.10. The Hall–Kier alpha value is -1.81. The predicted octanol–water partition coefficient (Wildman–Crippen LogP) is 5.66. The molecule has 0 heterocycles. The molecule has 0 aliphatic heterocycles. The second kappa shape index (κ2) is 7.84. The van der Waals surface area contributed by atoms with E-state index in [2.05, 4.69) is 54.2 Å². The van der Waals surface area contributed by atoms with Crippen LogP contribution in [0.15, 0.2) is 34.8 Å². The quantitative estimate of drug-likeness (QED) is 0.715. The third kappa shape index (κ3) is 4.60. The van der Waals surface area contributed by atoms with E-state index in [9.17, 15) is 4.79 Å². The zero-order valence-corrected chi connectivity index (χ0v) is 16.5. The molecule has 0 radical (unpaired) electrons. The van der Waals surface area contributed by atoms with E-state index in [1.54, 1.807) is 6.07 Å². The topological polar surface area (TPSA) is 38.3 Å². The summed E-state index contributed by atoms with van der Waals surface area (Å²) in [4.78, 5) is 12.8. The Morgan fingerprint density at radius 1 is 1.12 bits per heavy atom. The van der Waals surface area contributed by atoms with Crippen LogP contribution in [0.2, 0.25) is 0 Å². The van der Waals surface area contributed by atoms with Crippen LogP contribution in [0, 0.1) is 26.7 Å². The van der Waals surface area contributed by atoms with E-state index < -0.39 is 0 Å². The minimum Gasteiger partial charge on any atom is -0.492 e. The zero-order chi connectivity index (χ0) is 17.9. The Labute approximate surface area is 152 Å². The fourth-order valence-corrected chi connectivity index (χ4v) is 2.98. The van der Waals surface area contributed by atoms with Gasteiger partial charge in [0.05, 0.1) is 12.2 Å². The maximum absolute atomic E-state index is 12.8. The molecule has 0 unspecified atom stereocenters. The molecule has 2 aromatic carbocycles. The number of rotatable bonds is 5. The van der Waals surface area contributed by atoms with Crippen LogP contribution in [0.25, 0.3) is 0 Å². The summed E-state index contributed by atoms with van der Waals surface area (Å²) in [6.45, 7) is 10.8. The van der Waals surface area contributed by atoms with Crippen molar-refractivity contribution in [2.45, 2.75) is 34.6 Å². The smallest absolute Gasteiger partial charge is 0.259 e. The van der Waals surface area contributed by atoms with Crippen LogP contribution in [0.1, 0.15) is 40.9 Å². The SMILES string of the molecule is Cc1cc(C)c(NC(=O)c2cc(Br)ccc2OCC(C)C)c(C)c1. The lowest BCUT2D eigenvalue weighted by atomic mass is 10.0. The number of ether oxygens (including phenoxy) is 1. The molecule has 0 fully saturated rings. The molecule has 2 aromatic rings. The van der Waals surface area contributed by atoms with Crippen LogP contribution in [-0.4, -0.2) is 12.5 Å². The van der Waals surface area contributed by atoms with E-state index in [1.807, 2.05) is 26.0 Å². The molecule has 2 rings (SSSR count). The third-order valence-electron chi connectivity index (χ3n) is 3.67. The first-order valence-electron chi connectivity index (χ1n) is 8.09. The number of hydrogen-bond acceptors (Lipinski definition) is 2. The van der Waals surface area contributed by atoms with Gasteiger partial charge in [0.2, 0.25) is 0 Å². The van der Waals surface area contributed by atoms with Crippen molar-refractivity contribution >= 4 is 27.5 Å². The molecule has 0 aliphatic carbocycles. The Morgan fingerprint density at radius 2 is 1.75 bits per heavy atom. The van der Waals surface area contributed by atoms with Gasteiger partial charge >= 0.3 is 0 Å². The molecule has 0 saturated carbocycles. The Kier molecular flexibility index (Phi) is 6.05. The molecular formula is C20H24BrNO2. The van der Waals surface area contributed by atoms with Crippen molar-refractivity contribution in [2.75, 3.05) is 11.9 Å². The predicted molar refractivity (Wildman–Crippen MR) is 103 cm³/mol. The molecule has 0 saturated heterocycles. The lowest BCUT2D eigenvalue weighted by molar-refractivity contribution is 0.102. The summed E-state index contributed by atoms with van der Waals surface area (Å²) in [7, 11) is 0. The van der Waals surface area contributed by atoms with E-state index in [0.29, 0.717) is 23.8 Å². The standard InChI is InChI=1S/C20H24BrNO2/c1-12(2)11-24-18-7-6-16(21)10-17(18)20(23)22-19-14(4)8-13(3)9-15(19)5/h6-10,12H,11H2,1-5H3,(H,22,23). The zero-order valence-electron chi connectivity index (χ0n) is 14.9. The lowest BCUT2D eigenvalue weighted by Crippen LogP contribution is -2.16. The number of carbonyl (C=O) groups excluding carboxylic acids is 1. The summed E-state index contributed by atoms with van der Waals surface area (Å²) in [5.74, 6) is 0.836. The van der Waals surface area contributed by atoms with Gasteiger partial charge in [-0.05, 0) is 56.0 Å². The minimum absolute atomic E-state index is 0.162. The molecule has 0 atom stereocenters. The number of amides is 1. The van der Waals surface area contributed by atoms with Crippen LogP contribution in [0.3, 0.4) is 0 Å². The number of anilines is 1. The largest absolute Gasteiger partial charge is 0.492 e. The van der Waals surface area contributed by atoms with Crippen molar-refractivity contribution in [3.05, 3.63) is 57.1 Å². The van der Waals surface area contributed by atoms with Gasteiger partial charge in [-0.1, -0.05) is 47.5 Å². The summed E-state index contributed by atoms with van der Waals surface area (Å²) >= 11 is 3.43. The van der Waals surface area contributed by atoms with Crippen LogP contribution < -0.4 is 10.1 Å². The lowest BCUT2D eigenvalue weighted by Gasteiger charge is -2.16. The molecule has 1 N–H and O–H groups in total. The van der Waals surface area contributed by atoms with Gasteiger partial charge in [-0.25, -0.2) is 0 Å². The van der Waals surface area contributed by atoms with Crippen molar-refractivity contribution < 1.29 is 9.53 Å². The number of carbonyl (C=O) groups is 1. The monoisotopic (exact) mass is 389 g/mol. The average molecular weight is 390 g/mol. The van der Waals surface area contributed by atoms with Gasteiger partial charge in [-0.2, -0.15) is 0 Å². The van der Waals surface area contributed by atoms with Crippen molar-refractivity contribution in [3.63, 3.8) is 0 Å². The number of halogens is 1. The maximum atomic E-state index is 12.8. The fraction of sp³-hybridized carbons (Fsp3) is 0.350. The number of aryl methyl sites for hydroxylation is 3. The molecule has 4 heteroatoms. The highest BCUT2D eigenvalue weighted by atomic mass is 79.9. The van der Waals surface area contributed by atoms with E-state index in [1.165, 1.54) is 5.56 Å². The first-order valence-corrected chi connectivity index (χ1v) is 8.88. The molecule has 0 aromatic heterocycles. The molecular weight excluding hydrogens is 366 g/mol. The normalized spacial score (nSPS) is 10.8. The van der Waals surface area contributed by atoms with E-state index in [4.69, 9.17) is 4.74 Å². The van der Waals surface area contributed by atoms with E-state index in [-0.39, 0.29) is 5.91 Å². The minimum atomic E-state index is -0.162. The highest BCUT2D eigenvalue weighted by Gasteiger charge is 2.16. The Balaban J connectivity index is 2.31. The fourth-order valence-electron chi connectivity index (χ4n) is 2.62. The molecule has 128 valence electrons. The van der Waals surface area contributed by atoms with Gasteiger partial charge in [-0.15, -0.1) is 0 Å². The van der Waals surface area contributed by atoms with Crippen LogP contribution in [0.5, 0.6) is 5.75 Å². The summed E-state index contributed by atoms with van der Waals surface area (Å²) < 4.78 is 6.66. The van der Waals surface area contributed by atoms with Gasteiger partial charge in [0.15, 0.2) is 0 Å². The summed E-state index contributed by atoms with van der Waals surface area (Å²) in [6.07, 6.45) is 0. The third-order valence-corrected chi connectivity index (χ3v) is 4.17. The van der Waals surface area contributed by atoms with Crippen LogP contribution in [-0.2, 0) is 0 Å². The van der Waals surface area contributed by atoms with Crippen molar-refractivity contribution in [1.29, 1.82) is 0 Å². The summed E-state index contributed by atoms with van der Waals surface area (Å²) in [5.41, 5.74) is 4.69. The van der Waals surface area contributed by atoms with Gasteiger partial charge in [0.25, 0.3) is 5.91 Å². The van der Waals surface area contributed by atoms with Gasteiger partial charge < -0.3 is 10.1 Å². The average Bonchev–Trinajstić information content (AvgIpc) is 2.49. The molecule has 0 spiro atoms. The van der Waals surface area contributed by atoms with Gasteiger partial charge in [0, 0.05) is 10.2 Å². The molecule has 24 heavy (non-hydrogen) atoms. The van der Waals surface area contributed by atoms with Crippen molar-refractivity contribution in [1.82, 2.24) is 0 Å². The summed E-state index contributed by atoms with van der Waals surface area (Å²) in [6, 6.07) is 9.65. The van der Waals surface area contributed by atoms with Crippen molar-refractivity contribution in [3.8, 4) is 5.75 Å². The van der Waals surface area contributed by atoms with E-state index >= 15 is 0 Å². The summed E-state index contributed by atoms with van der Waals surface area (Å²) in [5, 5.41) is 3.04. The number of nitrogens with one attached hydrogen (secondary N) is 1. The molecule has 0 bridgehead atoms. The molecule has 0 aliphatic rings.